The lowest BCUT2D eigenvalue weighted by Gasteiger charge is -2.42. The first-order chi connectivity index (χ1) is 14.2. The number of carbonyl (C=O) groups is 1. The van der Waals surface area contributed by atoms with Gasteiger partial charge in [0.25, 0.3) is 5.91 Å². The van der Waals surface area contributed by atoms with Crippen molar-refractivity contribution in [2.45, 2.75) is 37.3 Å². The average molecular weight is 433 g/mol. The van der Waals surface area contributed by atoms with Gasteiger partial charge in [-0.25, -0.2) is 12.8 Å². The van der Waals surface area contributed by atoms with Gasteiger partial charge in [-0.05, 0) is 49.7 Å². The summed E-state index contributed by atoms with van der Waals surface area (Å²) in [5, 5.41) is 0. The van der Waals surface area contributed by atoms with E-state index in [1.54, 1.807) is 17.9 Å². The van der Waals surface area contributed by atoms with Crippen molar-refractivity contribution in [3.63, 3.8) is 0 Å². The summed E-state index contributed by atoms with van der Waals surface area (Å²) in [4.78, 5) is 14.6. The number of hydrogen-bond acceptors (Lipinski definition) is 4. The van der Waals surface area contributed by atoms with E-state index >= 15 is 0 Å². The Hall–Kier alpha value is -2.29. The highest BCUT2D eigenvalue weighted by atomic mass is 32.2. The second-order valence-corrected chi connectivity index (χ2v) is 9.81. The van der Waals surface area contributed by atoms with Gasteiger partial charge in [0.15, 0.2) is 0 Å². The number of rotatable bonds is 3. The summed E-state index contributed by atoms with van der Waals surface area (Å²) in [5.41, 5.74) is 0.957. The van der Waals surface area contributed by atoms with Crippen molar-refractivity contribution in [1.82, 2.24) is 9.21 Å². The Morgan fingerprint density at radius 2 is 1.80 bits per heavy atom. The third kappa shape index (κ3) is 3.64. The Morgan fingerprint density at radius 3 is 2.47 bits per heavy atom. The molecule has 0 radical (unpaired) electrons. The Bertz CT molecular complexity index is 1080. The van der Waals surface area contributed by atoms with Gasteiger partial charge in [0, 0.05) is 38.0 Å². The van der Waals surface area contributed by atoms with E-state index < -0.39 is 21.6 Å². The number of aryl methyl sites for hydroxylation is 2. The smallest absolute Gasteiger partial charge is 0.253 e. The molecule has 4 rings (SSSR count). The van der Waals surface area contributed by atoms with Crippen LogP contribution in [0.25, 0.3) is 0 Å². The number of carbonyl (C=O) groups excluding carboxylic acids is 1. The zero-order valence-electron chi connectivity index (χ0n) is 17.1. The fourth-order valence-corrected chi connectivity index (χ4v) is 6.06. The minimum absolute atomic E-state index is 0.0598. The van der Waals surface area contributed by atoms with E-state index in [9.17, 15) is 17.6 Å². The number of ether oxygens (including phenoxy) is 1. The van der Waals surface area contributed by atoms with E-state index in [0.717, 1.165) is 5.56 Å². The monoisotopic (exact) mass is 432 g/mol. The Balaban J connectivity index is 1.54. The Morgan fingerprint density at radius 1 is 1.07 bits per heavy atom. The molecule has 2 saturated heterocycles. The molecule has 0 N–H and O–H groups in total. The normalized spacial score (nSPS) is 19.4. The zero-order chi connectivity index (χ0) is 21.5. The second kappa shape index (κ2) is 7.76. The highest BCUT2D eigenvalue weighted by Gasteiger charge is 2.51. The number of likely N-dealkylation sites (tertiary alicyclic amines) is 1. The summed E-state index contributed by atoms with van der Waals surface area (Å²) in [6.07, 6.45) is 0.786. The molecular formula is C22H25FN2O4S. The van der Waals surface area contributed by atoms with Crippen molar-refractivity contribution < 1.29 is 22.3 Å². The molecule has 2 fully saturated rings. The largest absolute Gasteiger partial charge is 0.358 e. The van der Waals surface area contributed by atoms with Crippen molar-refractivity contribution >= 4 is 15.9 Å². The molecule has 0 bridgehead atoms. The molecule has 0 unspecified atom stereocenters. The van der Waals surface area contributed by atoms with Crippen LogP contribution in [0.3, 0.4) is 0 Å². The lowest BCUT2D eigenvalue weighted by molar-refractivity contribution is -0.0857. The topological polar surface area (TPSA) is 66.9 Å². The number of amides is 1. The maximum Gasteiger partial charge on any atom is 0.253 e. The number of halogens is 1. The van der Waals surface area contributed by atoms with E-state index in [1.807, 2.05) is 25.1 Å². The number of hydrogen-bond donors (Lipinski definition) is 0. The molecule has 2 aliphatic heterocycles. The Labute approximate surface area is 176 Å². The van der Waals surface area contributed by atoms with Crippen molar-refractivity contribution in [3.8, 4) is 0 Å². The lowest BCUT2D eigenvalue weighted by Crippen LogP contribution is -2.55. The van der Waals surface area contributed by atoms with E-state index in [0.29, 0.717) is 38.1 Å². The highest BCUT2D eigenvalue weighted by molar-refractivity contribution is 7.89. The van der Waals surface area contributed by atoms with Crippen LogP contribution >= 0.6 is 0 Å². The first-order valence-corrected chi connectivity index (χ1v) is 11.5. The fourth-order valence-electron chi connectivity index (χ4n) is 4.25. The number of piperidine rings is 1. The molecule has 1 spiro atoms. The first-order valence-electron chi connectivity index (χ1n) is 10.0. The van der Waals surface area contributed by atoms with Gasteiger partial charge in [-0.1, -0.05) is 17.7 Å². The summed E-state index contributed by atoms with van der Waals surface area (Å²) in [6, 6.07) is 11.3. The molecule has 30 heavy (non-hydrogen) atoms. The van der Waals surface area contributed by atoms with E-state index in [2.05, 4.69) is 0 Å². The number of sulfonamides is 1. The van der Waals surface area contributed by atoms with Crippen LogP contribution < -0.4 is 0 Å². The minimum Gasteiger partial charge on any atom is -0.358 e. The Kier molecular flexibility index (Phi) is 5.42. The molecule has 2 aromatic carbocycles. The van der Waals surface area contributed by atoms with Gasteiger partial charge >= 0.3 is 0 Å². The summed E-state index contributed by atoms with van der Waals surface area (Å²) in [7, 11) is -3.84. The van der Waals surface area contributed by atoms with Gasteiger partial charge in [0.1, 0.15) is 11.5 Å². The first kappa shape index (κ1) is 21.0. The molecule has 160 valence electrons. The molecule has 2 heterocycles. The highest BCUT2D eigenvalue weighted by Crippen LogP contribution is 2.38. The number of benzene rings is 2. The van der Waals surface area contributed by atoms with Crippen LogP contribution in [0.1, 0.15) is 34.3 Å². The van der Waals surface area contributed by atoms with Crippen molar-refractivity contribution in [3.05, 3.63) is 65.0 Å². The van der Waals surface area contributed by atoms with Crippen LogP contribution in [0.4, 0.5) is 4.39 Å². The van der Waals surface area contributed by atoms with Gasteiger partial charge in [-0.2, -0.15) is 4.31 Å². The van der Waals surface area contributed by atoms with Gasteiger partial charge in [-0.3, -0.25) is 4.79 Å². The van der Waals surface area contributed by atoms with E-state index in [1.165, 1.54) is 22.5 Å². The number of nitrogens with zero attached hydrogens (tertiary/aromatic N) is 2. The lowest BCUT2D eigenvalue weighted by atomic mass is 9.99. The third-order valence-corrected chi connectivity index (χ3v) is 7.88. The molecule has 2 aliphatic rings. The van der Waals surface area contributed by atoms with Gasteiger partial charge < -0.3 is 9.64 Å². The summed E-state index contributed by atoms with van der Waals surface area (Å²) >= 11 is 0. The van der Waals surface area contributed by atoms with Crippen LogP contribution in [0.5, 0.6) is 0 Å². The molecule has 0 atom stereocenters. The quantitative estimate of drug-likeness (QED) is 0.748. The van der Waals surface area contributed by atoms with Gasteiger partial charge in [-0.15, -0.1) is 0 Å². The van der Waals surface area contributed by atoms with Gasteiger partial charge in [0.05, 0.1) is 11.5 Å². The van der Waals surface area contributed by atoms with Crippen molar-refractivity contribution in [2.24, 2.45) is 0 Å². The minimum atomic E-state index is -3.84. The van der Waals surface area contributed by atoms with Crippen LogP contribution in [-0.4, -0.2) is 55.5 Å². The molecule has 0 aliphatic carbocycles. The molecule has 0 aromatic heterocycles. The standard InChI is InChI=1S/C22H25FN2O4S/c1-16-4-3-5-18(14-16)21(26)24-10-8-22(9-11-24)25(12-13-29-22)30(27,28)19-6-7-20(23)17(2)15-19/h3-7,14-15H,8-13H2,1-2H3. The van der Waals surface area contributed by atoms with Crippen molar-refractivity contribution in [2.75, 3.05) is 26.2 Å². The molecule has 1 amide bonds. The van der Waals surface area contributed by atoms with Gasteiger partial charge in [0.2, 0.25) is 10.0 Å². The van der Waals surface area contributed by atoms with E-state index in [4.69, 9.17) is 4.74 Å². The zero-order valence-corrected chi connectivity index (χ0v) is 17.9. The molecular weight excluding hydrogens is 407 g/mol. The summed E-state index contributed by atoms with van der Waals surface area (Å²) < 4.78 is 47.5. The third-order valence-electron chi connectivity index (χ3n) is 5.93. The average Bonchev–Trinajstić information content (AvgIpc) is 3.14. The summed E-state index contributed by atoms with van der Waals surface area (Å²) in [5.74, 6) is -0.501. The molecule has 6 nitrogen and oxygen atoms in total. The maximum absolute atomic E-state index is 13.6. The predicted molar refractivity (Wildman–Crippen MR) is 110 cm³/mol. The maximum atomic E-state index is 13.6. The van der Waals surface area contributed by atoms with Crippen molar-refractivity contribution in [1.29, 1.82) is 0 Å². The van der Waals surface area contributed by atoms with Crippen LogP contribution in [0.15, 0.2) is 47.4 Å². The van der Waals surface area contributed by atoms with Crippen LogP contribution in [0.2, 0.25) is 0 Å². The molecule has 2 aromatic rings. The SMILES string of the molecule is Cc1cccc(C(=O)N2CCC3(CC2)OCCN3S(=O)(=O)c2ccc(F)c(C)c2)c1. The molecule has 0 saturated carbocycles. The molecule has 8 heteroatoms. The van der Waals surface area contributed by atoms with E-state index in [-0.39, 0.29) is 22.9 Å². The summed E-state index contributed by atoms with van der Waals surface area (Å²) in [6.45, 7) is 4.83. The second-order valence-electron chi connectivity index (χ2n) is 7.94. The predicted octanol–water partition coefficient (Wildman–Crippen LogP) is 3.10. The fraction of sp³-hybridized carbons (Fsp3) is 0.409. The van der Waals surface area contributed by atoms with Crippen LogP contribution in [0, 0.1) is 19.7 Å². The van der Waals surface area contributed by atoms with Crippen LogP contribution in [-0.2, 0) is 14.8 Å².